The van der Waals surface area contributed by atoms with Gasteiger partial charge in [0.15, 0.2) is 0 Å². The van der Waals surface area contributed by atoms with Crippen molar-refractivity contribution in [1.82, 2.24) is 9.78 Å². The van der Waals surface area contributed by atoms with Crippen molar-refractivity contribution in [2.45, 2.75) is 12.8 Å². The Hall–Kier alpha value is -2.67. The second kappa shape index (κ2) is 6.62. The Bertz CT molecular complexity index is 720. The average Bonchev–Trinajstić information content (AvgIpc) is 3.06. The summed E-state index contributed by atoms with van der Waals surface area (Å²) in [7, 11) is 0. The molecule has 0 radical (unpaired) electrons. The summed E-state index contributed by atoms with van der Waals surface area (Å²) in [5.74, 6) is -0.661. The van der Waals surface area contributed by atoms with Crippen LogP contribution in [0.4, 0.5) is 5.69 Å². The molecule has 120 valence electrons. The van der Waals surface area contributed by atoms with Gasteiger partial charge in [0.1, 0.15) is 5.69 Å². The Morgan fingerprint density at radius 1 is 1.22 bits per heavy atom. The van der Waals surface area contributed by atoms with E-state index < -0.39 is 5.91 Å². The summed E-state index contributed by atoms with van der Waals surface area (Å²) < 4.78 is 6.81. The molecule has 0 unspecified atom stereocenters. The zero-order valence-corrected chi connectivity index (χ0v) is 12.6. The molecule has 2 aromatic rings. The van der Waals surface area contributed by atoms with Crippen molar-refractivity contribution in [1.29, 1.82) is 0 Å². The largest absolute Gasteiger partial charge is 0.381 e. The SMILES string of the molecule is NC(=O)c1ccn(-c2ccccc2NC(=O)C2CCOCC2)n1. The molecule has 2 heterocycles. The standard InChI is InChI=1S/C16H18N4O3/c17-15(21)13-5-8-20(19-13)14-4-2-1-3-12(14)18-16(22)11-6-9-23-10-7-11/h1-5,8,11H,6-7,9-10H2,(H2,17,21)(H,18,22). The van der Waals surface area contributed by atoms with Gasteiger partial charge in [-0.05, 0) is 31.0 Å². The molecule has 1 aliphatic heterocycles. The topological polar surface area (TPSA) is 99.2 Å². The lowest BCUT2D eigenvalue weighted by molar-refractivity contribution is -0.122. The summed E-state index contributed by atoms with van der Waals surface area (Å²) in [4.78, 5) is 23.6. The fourth-order valence-electron chi connectivity index (χ4n) is 2.56. The van der Waals surface area contributed by atoms with Gasteiger partial charge in [-0.25, -0.2) is 4.68 Å². The van der Waals surface area contributed by atoms with Gasteiger partial charge in [-0.2, -0.15) is 5.10 Å². The average molecular weight is 314 g/mol. The molecule has 1 aromatic heterocycles. The van der Waals surface area contributed by atoms with E-state index in [1.54, 1.807) is 18.3 Å². The predicted octanol–water partition coefficient (Wildman–Crippen LogP) is 1.34. The normalized spacial score (nSPS) is 15.3. The van der Waals surface area contributed by atoms with Crippen LogP contribution in [0.25, 0.3) is 5.69 Å². The Labute approximate surface area is 133 Å². The molecule has 2 amide bonds. The van der Waals surface area contributed by atoms with Crippen LogP contribution in [0.5, 0.6) is 0 Å². The van der Waals surface area contributed by atoms with Gasteiger partial charge in [0.2, 0.25) is 5.91 Å². The van der Waals surface area contributed by atoms with Crippen molar-refractivity contribution in [3.05, 3.63) is 42.2 Å². The van der Waals surface area contributed by atoms with Gasteiger partial charge in [-0.15, -0.1) is 0 Å². The maximum absolute atomic E-state index is 12.4. The number of rotatable bonds is 4. The smallest absolute Gasteiger partial charge is 0.269 e. The van der Waals surface area contributed by atoms with Gasteiger partial charge in [0, 0.05) is 25.3 Å². The highest BCUT2D eigenvalue weighted by Crippen LogP contribution is 2.22. The summed E-state index contributed by atoms with van der Waals surface area (Å²) in [6.45, 7) is 1.22. The van der Waals surface area contributed by atoms with Crippen molar-refractivity contribution in [3.8, 4) is 5.69 Å². The minimum Gasteiger partial charge on any atom is -0.381 e. The Kier molecular flexibility index (Phi) is 4.38. The first-order chi connectivity index (χ1) is 11.1. The number of aromatic nitrogens is 2. The third-order valence-electron chi connectivity index (χ3n) is 3.84. The number of nitrogens with one attached hydrogen (secondary N) is 1. The van der Waals surface area contributed by atoms with Gasteiger partial charge in [0.25, 0.3) is 5.91 Å². The number of benzene rings is 1. The number of para-hydroxylation sites is 2. The maximum Gasteiger partial charge on any atom is 0.269 e. The number of hydrogen-bond acceptors (Lipinski definition) is 4. The van der Waals surface area contributed by atoms with Crippen molar-refractivity contribution in [2.75, 3.05) is 18.5 Å². The van der Waals surface area contributed by atoms with Crippen LogP contribution in [-0.4, -0.2) is 34.8 Å². The Balaban J connectivity index is 1.82. The lowest BCUT2D eigenvalue weighted by Gasteiger charge is -2.21. The molecule has 1 aromatic carbocycles. The second-order valence-corrected chi connectivity index (χ2v) is 5.40. The van der Waals surface area contributed by atoms with Crippen LogP contribution < -0.4 is 11.1 Å². The number of ether oxygens (including phenoxy) is 1. The van der Waals surface area contributed by atoms with E-state index in [0.717, 1.165) is 12.8 Å². The van der Waals surface area contributed by atoms with E-state index in [0.29, 0.717) is 24.6 Å². The van der Waals surface area contributed by atoms with Gasteiger partial charge in [0.05, 0.1) is 11.4 Å². The quantitative estimate of drug-likeness (QED) is 0.889. The summed E-state index contributed by atoms with van der Waals surface area (Å²) in [6, 6.07) is 8.83. The van der Waals surface area contributed by atoms with Gasteiger partial charge >= 0.3 is 0 Å². The van der Waals surface area contributed by atoms with Crippen LogP contribution in [0.3, 0.4) is 0 Å². The fourth-order valence-corrected chi connectivity index (χ4v) is 2.56. The Morgan fingerprint density at radius 3 is 2.65 bits per heavy atom. The molecule has 0 spiro atoms. The highest BCUT2D eigenvalue weighted by atomic mass is 16.5. The third kappa shape index (κ3) is 3.40. The van der Waals surface area contributed by atoms with Crippen molar-refractivity contribution in [2.24, 2.45) is 11.7 Å². The van der Waals surface area contributed by atoms with Crippen LogP contribution >= 0.6 is 0 Å². The van der Waals surface area contributed by atoms with Crippen molar-refractivity contribution >= 4 is 17.5 Å². The second-order valence-electron chi connectivity index (χ2n) is 5.40. The summed E-state index contributed by atoms with van der Waals surface area (Å²) >= 11 is 0. The molecule has 0 bridgehead atoms. The van der Waals surface area contributed by atoms with Gasteiger partial charge in [-0.1, -0.05) is 12.1 Å². The molecule has 7 nitrogen and oxygen atoms in total. The number of nitrogens with two attached hydrogens (primary N) is 1. The molecule has 1 saturated heterocycles. The highest BCUT2D eigenvalue weighted by molar-refractivity contribution is 5.94. The molecule has 3 N–H and O–H groups in total. The number of primary amides is 1. The fraction of sp³-hybridized carbons (Fsp3) is 0.312. The van der Waals surface area contributed by atoms with E-state index in [9.17, 15) is 9.59 Å². The van der Waals surface area contributed by atoms with Crippen LogP contribution in [0.1, 0.15) is 23.3 Å². The first kappa shape index (κ1) is 15.2. The molecule has 0 atom stereocenters. The zero-order chi connectivity index (χ0) is 16.2. The molecular formula is C16H18N4O3. The van der Waals surface area contributed by atoms with E-state index in [1.807, 2.05) is 18.2 Å². The minimum atomic E-state index is -0.590. The van der Waals surface area contributed by atoms with Gasteiger partial charge in [-0.3, -0.25) is 9.59 Å². The first-order valence-corrected chi connectivity index (χ1v) is 7.48. The van der Waals surface area contributed by atoms with Crippen molar-refractivity contribution < 1.29 is 14.3 Å². The number of carbonyl (C=O) groups is 2. The monoisotopic (exact) mass is 314 g/mol. The first-order valence-electron chi connectivity index (χ1n) is 7.48. The number of hydrogen-bond donors (Lipinski definition) is 2. The van der Waals surface area contributed by atoms with Gasteiger partial charge < -0.3 is 15.8 Å². The van der Waals surface area contributed by atoms with Crippen LogP contribution in [0.2, 0.25) is 0 Å². The summed E-state index contributed by atoms with van der Waals surface area (Å²) in [5.41, 5.74) is 6.72. The maximum atomic E-state index is 12.4. The van der Waals surface area contributed by atoms with E-state index in [1.165, 1.54) is 4.68 Å². The third-order valence-corrected chi connectivity index (χ3v) is 3.84. The number of nitrogens with zero attached hydrogens (tertiary/aromatic N) is 2. The molecule has 0 aliphatic carbocycles. The molecule has 1 aliphatic rings. The molecule has 0 saturated carbocycles. The van der Waals surface area contributed by atoms with Crippen molar-refractivity contribution in [3.63, 3.8) is 0 Å². The number of anilines is 1. The molecule has 7 heteroatoms. The van der Waals surface area contributed by atoms with Crippen LogP contribution in [0.15, 0.2) is 36.5 Å². The number of amides is 2. The molecular weight excluding hydrogens is 296 g/mol. The lowest BCUT2D eigenvalue weighted by atomic mass is 9.99. The summed E-state index contributed by atoms with van der Waals surface area (Å²) in [5, 5.41) is 7.08. The number of carbonyl (C=O) groups excluding carboxylic acids is 2. The minimum absolute atomic E-state index is 0.0250. The van der Waals surface area contributed by atoms with E-state index in [2.05, 4.69) is 10.4 Å². The van der Waals surface area contributed by atoms with E-state index in [-0.39, 0.29) is 17.5 Å². The zero-order valence-electron chi connectivity index (χ0n) is 12.6. The van der Waals surface area contributed by atoms with Crippen LogP contribution in [-0.2, 0) is 9.53 Å². The van der Waals surface area contributed by atoms with E-state index in [4.69, 9.17) is 10.5 Å². The highest BCUT2D eigenvalue weighted by Gasteiger charge is 2.22. The molecule has 1 fully saturated rings. The summed E-state index contributed by atoms with van der Waals surface area (Å²) in [6.07, 6.45) is 3.09. The lowest BCUT2D eigenvalue weighted by Crippen LogP contribution is -2.28. The Morgan fingerprint density at radius 2 is 1.96 bits per heavy atom. The van der Waals surface area contributed by atoms with E-state index >= 15 is 0 Å². The van der Waals surface area contributed by atoms with Crippen LogP contribution in [0, 0.1) is 5.92 Å². The molecule has 23 heavy (non-hydrogen) atoms. The predicted molar refractivity (Wildman–Crippen MR) is 84.3 cm³/mol. The molecule has 3 rings (SSSR count).